The Morgan fingerprint density at radius 2 is 2.30 bits per heavy atom. The number of hydrogen-bond acceptors (Lipinski definition) is 5. The van der Waals surface area contributed by atoms with Gasteiger partial charge in [-0.2, -0.15) is 0 Å². The van der Waals surface area contributed by atoms with E-state index in [0.29, 0.717) is 19.5 Å². The van der Waals surface area contributed by atoms with Crippen LogP contribution >= 0.6 is 0 Å². The number of morpholine rings is 1. The third-order valence-electron chi connectivity index (χ3n) is 2.92. The molecule has 1 aromatic rings. The van der Waals surface area contributed by atoms with Gasteiger partial charge in [0.2, 0.25) is 0 Å². The van der Waals surface area contributed by atoms with E-state index in [4.69, 9.17) is 9.84 Å². The Morgan fingerprint density at radius 3 is 3.00 bits per heavy atom. The Labute approximate surface area is 115 Å². The van der Waals surface area contributed by atoms with Gasteiger partial charge in [0.25, 0.3) is 5.56 Å². The Morgan fingerprint density at radius 1 is 1.50 bits per heavy atom. The number of hydrogen-bond donors (Lipinski definition) is 3. The number of rotatable bonds is 2. The van der Waals surface area contributed by atoms with Gasteiger partial charge < -0.3 is 15.2 Å². The van der Waals surface area contributed by atoms with Crippen LogP contribution in [0.3, 0.4) is 0 Å². The highest BCUT2D eigenvalue weighted by Gasteiger charge is 2.23. The van der Waals surface area contributed by atoms with Gasteiger partial charge in [0.05, 0.1) is 12.7 Å². The summed E-state index contributed by atoms with van der Waals surface area (Å²) in [6, 6.07) is 0. The van der Waals surface area contributed by atoms with E-state index in [1.807, 2.05) is 6.92 Å². The molecule has 0 aromatic carbocycles. The molecular formula is C13H17N3O4. The van der Waals surface area contributed by atoms with Gasteiger partial charge in [-0.3, -0.25) is 14.3 Å². The molecule has 1 saturated heterocycles. The number of aromatic amines is 1. The minimum atomic E-state index is -0.576. The first kappa shape index (κ1) is 14.5. The molecule has 7 nitrogen and oxygen atoms in total. The molecule has 1 aliphatic heterocycles. The van der Waals surface area contributed by atoms with Crippen LogP contribution < -0.4 is 16.6 Å². The third-order valence-corrected chi connectivity index (χ3v) is 2.92. The Kier molecular flexibility index (Phi) is 4.74. The van der Waals surface area contributed by atoms with Crippen LogP contribution in [0.2, 0.25) is 0 Å². The van der Waals surface area contributed by atoms with E-state index < -0.39 is 17.5 Å². The van der Waals surface area contributed by atoms with Crippen molar-refractivity contribution in [2.24, 2.45) is 0 Å². The van der Waals surface area contributed by atoms with Crippen LogP contribution in [0.5, 0.6) is 0 Å². The predicted molar refractivity (Wildman–Crippen MR) is 72.4 cm³/mol. The number of nitrogens with zero attached hydrogens (tertiary/aromatic N) is 1. The highest BCUT2D eigenvalue weighted by atomic mass is 16.5. The molecule has 0 bridgehead atoms. The van der Waals surface area contributed by atoms with Crippen LogP contribution in [0, 0.1) is 11.8 Å². The van der Waals surface area contributed by atoms with Crippen molar-refractivity contribution in [3.63, 3.8) is 0 Å². The van der Waals surface area contributed by atoms with E-state index >= 15 is 0 Å². The monoisotopic (exact) mass is 279 g/mol. The Hall–Kier alpha value is -1.88. The first-order valence-corrected chi connectivity index (χ1v) is 6.47. The molecule has 0 aliphatic carbocycles. The van der Waals surface area contributed by atoms with Crippen LogP contribution in [0.1, 0.15) is 25.1 Å². The Balaban J connectivity index is 2.36. The highest BCUT2D eigenvalue weighted by Crippen LogP contribution is 2.12. The van der Waals surface area contributed by atoms with Crippen molar-refractivity contribution >= 4 is 0 Å². The van der Waals surface area contributed by atoms with Crippen LogP contribution in [0.15, 0.2) is 15.8 Å². The Bertz CT molecular complexity index is 637. The largest absolute Gasteiger partial charge is 0.394 e. The second kappa shape index (κ2) is 6.52. The van der Waals surface area contributed by atoms with E-state index in [9.17, 15) is 9.59 Å². The van der Waals surface area contributed by atoms with Gasteiger partial charge in [0.15, 0.2) is 6.23 Å². The lowest BCUT2D eigenvalue weighted by atomic mass is 10.3. The van der Waals surface area contributed by atoms with Crippen molar-refractivity contribution in [3.05, 3.63) is 32.6 Å². The molecule has 20 heavy (non-hydrogen) atoms. The molecular weight excluding hydrogens is 262 g/mol. The minimum Gasteiger partial charge on any atom is -0.394 e. The van der Waals surface area contributed by atoms with Gasteiger partial charge in [-0.1, -0.05) is 18.8 Å². The average molecular weight is 279 g/mol. The van der Waals surface area contributed by atoms with Gasteiger partial charge in [0, 0.05) is 25.7 Å². The number of aromatic nitrogens is 2. The fraction of sp³-hybridized carbons (Fsp3) is 0.538. The second-order valence-electron chi connectivity index (χ2n) is 4.42. The predicted octanol–water partition coefficient (Wildman–Crippen LogP) is -1.22. The van der Waals surface area contributed by atoms with E-state index in [1.165, 1.54) is 10.8 Å². The summed E-state index contributed by atoms with van der Waals surface area (Å²) in [5, 5.41) is 12.2. The summed E-state index contributed by atoms with van der Waals surface area (Å²) in [6.45, 7) is 2.68. The molecule has 0 amide bonds. The first-order chi connectivity index (χ1) is 9.65. The second-order valence-corrected chi connectivity index (χ2v) is 4.42. The number of aliphatic hydroxyl groups is 1. The summed E-state index contributed by atoms with van der Waals surface area (Å²) in [5.74, 6) is 5.51. The van der Waals surface area contributed by atoms with Gasteiger partial charge in [0.1, 0.15) is 5.56 Å². The zero-order valence-electron chi connectivity index (χ0n) is 11.2. The summed E-state index contributed by atoms with van der Waals surface area (Å²) >= 11 is 0. The topological polar surface area (TPSA) is 96.3 Å². The normalized spacial score (nSPS) is 22.1. The average Bonchev–Trinajstić information content (AvgIpc) is 2.46. The zero-order valence-corrected chi connectivity index (χ0v) is 11.2. The maximum atomic E-state index is 11.8. The van der Waals surface area contributed by atoms with Crippen molar-refractivity contribution < 1.29 is 9.84 Å². The fourth-order valence-corrected chi connectivity index (χ4v) is 1.93. The van der Waals surface area contributed by atoms with E-state index in [0.717, 1.165) is 0 Å². The summed E-state index contributed by atoms with van der Waals surface area (Å²) < 4.78 is 6.87. The molecule has 1 aromatic heterocycles. The molecule has 2 atom stereocenters. The number of aliphatic hydroxyl groups excluding tert-OH is 1. The van der Waals surface area contributed by atoms with Gasteiger partial charge in [-0.15, -0.1) is 0 Å². The molecule has 1 fully saturated rings. The molecule has 0 spiro atoms. The number of nitrogens with one attached hydrogen (secondary N) is 2. The van der Waals surface area contributed by atoms with E-state index in [1.54, 1.807) is 0 Å². The summed E-state index contributed by atoms with van der Waals surface area (Å²) in [6.07, 6.45) is 1.06. The van der Waals surface area contributed by atoms with Crippen molar-refractivity contribution in [2.75, 3.05) is 19.7 Å². The zero-order chi connectivity index (χ0) is 14.5. The van der Waals surface area contributed by atoms with Gasteiger partial charge >= 0.3 is 5.69 Å². The number of H-pyrrole nitrogens is 1. The summed E-state index contributed by atoms with van der Waals surface area (Å²) in [4.78, 5) is 25.7. The fourth-order valence-electron chi connectivity index (χ4n) is 1.93. The molecule has 2 rings (SSSR count). The molecule has 0 radical (unpaired) electrons. The lowest BCUT2D eigenvalue weighted by molar-refractivity contribution is -0.0968. The van der Waals surface area contributed by atoms with E-state index in [-0.39, 0.29) is 18.3 Å². The van der Waals surface area contributed by atoms with Crippen molar-refractivity contribution in [2.45, 2.75) is 25.7 Å². The third kappa shape index (κ3) is 3.17. The van der Waals surface area contributed by atoms with Crippen LogP contribution in [-0.2, 0) is 4.74 Å². The highest BCUT2D eigenvalue weighted by molar-refractivity contribution is 5.29. The maximum Gasteiger partial charge on any atom is 0.330 e. The van der Waals surface area contributed by atoms with Crippen molar-refractivity contribution in [1.29, 1.82) is 0 Å². The maximum absolute atomic E-state index is 11.8. The van der Waals surface area contributed by atoms with Crippen LogP contribution in [0.4, 0.5) is 0 Å². The van der Waals surface area contributed by atoms with E-state index in [2.05, 4.69) is 22.1 Å². The molecule has 108 valence electrons. The summed E-state index contributed by atoms with van der Waals surface area (Å²) in [5.41, 5.74) is -0.835. The van der Waals surface area contributed by atoms with Gasteiger partial charge in [-0.05, 0) is 0 Å². The van der Waals surface area contributed by atoms with Crippen molar-refractivity contribution in [3.8, 4) is 11.8 Å². The number of ether oxygens (including phenoxy) is 1. The first-order valence-electron chi connectivity index (χ1n) is 6.47. The smallest absolute Gasteiger partial charge is 0.330 e. The molecule has 0 saturated carbocycles. The molecule has 3 N–H and O–H groups in total. The lowest BCUT2D eigenvalue weighted by Crippen LogP contribution is -2.47. The van der Waals surface area contributed by atoms with Crippen LogP contribution in [0.25, 0.3) is 0 Å². The molecule has 7 heteroatoms. The van der Waals surface area contributed by atoms with Crippen molar-refractivity contribution in [1.82, 2.24) is 14.9 Å². The molecule has 2 unspecified atom stereocenters. The standard InChI is InChI=1S/C13H17N3O4/c1-2-3-4-9-7-16(13(19)15-12(9)18)11-6-14-5-10(8-17)20-11/h7,10-11,14,17H,2,5-6,8H2,1H3,(H,15,18,19). The quantitative estimate of drug-likeness (QED) is 0.590. The minimum absolute atomic E-state index is 0.135. The molecule has 2 heterocycles. The van der Waals surface area contributed by atoms with Gasteiger partial charge in [-0.25, -0.2) is 4.79 Å². The summed E-state index contributed by atoms with van der Waals surface area (Å²) in [7, 11) is 0. The molecule has 1 aliphatic rings. The SMILES string of the molecule is CCC#Cc1cn(C2CNCC(CO)O2)c(=O)[nH]c1=O. The lowest BCUT2D eigenvalue weighted by Gasteiger charge is -2.30. The van der Waals surface area contributed by atoms with Crippen LogP contribution in [-0.4, -0.2) is 40.5 Å².